The molecule has 0 aliphatic carbocycles. The molecule has 2 aromatic carbocycles. The van der Waals surface area contributed by atoms with E-state index >= 15 is 0 Å². The average Bonchev–Trinajstić information content (AvgIpc) is 3.03. The standard InChI is InChI=1S/C22H21N3O6/c1-2-25-21(27)16-7-4-3-6-15(16)20(24-25)22(28)31-13-19(26)23-14-8-9-17-18(12-14)30-11-5-10-29-17/h3-4,6-9,12H,2,5,10-11,13H2,1H3,(H,23,26). The number of benzene rings is 2. The summed E-state index contributed by atoms with van der Waals surface area (Å²) < 4.78 is 17.5. The lowest BCUT2D eigenvalue weighted by Gasteiger charge is -2.11. The highest BCUT2D eigenvalue weighted by atomic mass is 16.5. The van der Waals surface area contributed by atoms with Crippen molar-refractivity contribution in [3.05, 3.63) is 58.5 Å². The van der Waals surface area contributed by atoms with Gasteiger partial charge in [0.05, 0.1) is 18.6 Å². The van der Waals surface area contributed by atoms with Gasteiger partial charge in [0.25, 0.3) is 11.5 Å². The minimum Gasteiger partial charge on any atom is -0.490 e. The monoisotopic (exact) mass is 423 g/mol. The Morgan fingerprint density at radius 3 is 2.61 bits per heavy atom. The van der Waals surface area contributed by atoms with Crippen LogP contribution in [0.3, 0.4) is 0 Å². The summed E-state index contributed by atoms with van der Waals surface area (Å²) in [6.07, 6.45) is 0.778. The zero-order valence-electron chi connectivity index (χ0n) is 16.9. The number of ether oxygens (including phenoxy) is 3. The summed E-state index contributed by atoms with van der Waals surface area (Å²) in [7, 11) is 0. The summed E-state index contributed by atoms with van der Waals surface area (Å²) in [6.45, 7) is 2.65. The predicted molar refractivity (Wildman–Crippen MR) is 113 cm³/mol. The van der Waals surface area contributed by atoms with E-state index in [4.69, 9.17) is 14.2 Å². The number of esters is 1. The number of amides is 1. The van der Waals surface area contributed by atoms with Crippen molar-refractivity contribution in [1.82, 2.24) is 9.78 Å². The molecule has 0 bridgehead atoms. The quantitative estimate of drug-likeness (QED) is 0.628. The summed E-state index contributed by atoms with van der Waals surface area (Å²) in [5.41, 5.74) is 0.190. The van der Waals surface area contributed by atoms with Crippen molar-refractivity contribution < 1.29 is 23.8 Å². The third kappa shape index (κ3) is 4.35. The number of hydrogen-bond acceptors (Lipinski definition) is 7. The van der Waals surface area contributed by atoms with Gasteiger partial charge in [0.1, 0.15) is 0 Å². The van der Waals surface area contributed by atoms with Crippen LogP contribution in [0.5, 0.6) is 11.5 Å². The van der Waals surface area contributed by atoms with Crippen LogP contribution >= 0.6 is 0 Å². The number of nitrogens with zero attached hydrogens (tertiary/aromatic N) is 2. The second-order valence-corrected chi connectivity index (χ2v) is 6.85. The molecule has 1 aliphatic rings. The number of nitrogens with one attached hydrogen (secondary N) is 1. The molecule has 3 aromatic rings. The minimum absolute atomic E-state index is 0.0135. The molecule has 0 radical (unpaired) electrons. The molecule has 0 saturated heterocycles. The first kappa shape index (κ1) is 20.4. The fraction of sp³-hybridized carbons (Fsp3) is 0.273. The Bertz CT molecular complexity index is 1200. The Balaban J connectivity index is 1.46. The average molecular weight is 423 g/mol. The molecule has 1 aromatic heterocycles. The molecule has 0 atom stereocenters. The maximum Gasteiger partial charge on any atom is 0.359 e. The maximum atomic E-state index is 12.6. The van der Waals surface area contributed by atoms with Crippen LogP contribution in [0.4, 0.5) is 5.69 Å². The number of aryl methyl sites for hydroxylation is 1. The Morgan fingerprint density at radius 1 is 1.10 bits per heavy atom. The summed E-state index contributed by atoms with van der Waals surface area (Å²) in [5.74, 6) is -0.140. The topological polar surface area (TPSA) is 109 Å². The molecule has 4 rings (SSSR count). The number of carbonyl (C=O) groups is 2. The zero-order chi connectivity index (χ0) is 21.8. The van der Waals surface area contributed by atoms with Crippen molar-refractivity contribution in [1.29, 1.82) is 0 Å². The van der Waals surface area contributed by atoms with E-state index in [1.54, 1.807) is 49.4 Å². The highest BCUT2D eigenvalue weighted by Crippen LogP contribution is 2.32. The van der Waals surface area contributed by atoms with Gasteiger partial charge in [-0.25, -0.2) is 9.48 Å². The van der Waals surface area contributed by atoms with E-state index < -0.39 is 18.5 Å². The number of carbonyl (C=O) groups excluding carboxylic acids is 2. The summed E-state index contributed by atoms with van der Waals surface area (Å²) in [5, 5.41) is 7.51. The maximum absolute atomic E-state index is 12.6. The van der Waals surface area contributed by atoms with Crippen molar-refractivity contribution in [3.8, 4) is 11.5 Å². The highest BCUT2D eigenvalue weighted by Gasteiger charge is 2.19. The Kier molecular flexibility index (Phi) is 5.83. The zero-order valence-corrected chi connectivity index (χ0v) is 16.9. The first-order valence-electron chi connectivity index (χ1n) is 9.93. The van der Waals surface area contributed by atoms with E-state index in [-0.39, 0.29) is 11.3 Å². The van der Waals surface area contributed by atoms with E-state index in [9.17, 15) is 14.4 Å². The first-order valence-corrected chi connectivity index (χ1v) is 9.93. The van der Waals surface area contributed by atoms with Gasteiger partial charge in [-0.15, -0.1) is 0 Å². The first-order chi connectivity index (χ1) is 15.1. The van der Waals surface area contributed by atoms with Gasteiger partial charge in [-0.05, 0) is 25.1 Å². The van der Waals surface area contributed by atoms with Crippen LogP contribution in [0.2, 0.25) is 0 Å². The van der Waals surface area contributed by atoms with Crippen LogP contribution in [0.1, 0.15) is 23.8 Å². The normalized spacial score (nSPS) is 12.8. The second-order valence-electron chi connectivity index (χ2n) is 6.85. The van der Waals surface area contributed by atoms with E-state index in [1.807, 2.05) is 0 Å². The number of rotatable bonds is 5. The fourth-order valence-electron chi connectivity index (χ4n) is 3.24. The molecule has 9 nitrogen and oxygen atoms in total. The third-order valence-electron chi connectivity index (χ3n) is 4.73. The van der Waals surface area contributed by atoms with E-state index in [0.29, 0.717) is 47.7 Å². The third-order valence-corrected chi connectivity index (χ3v) is 4.73. The Labute approximate surface area is 177 Å². The number of fused-ring (bicyclic) bond motifs is 2. The molecule has 1 amide bonds. The molecular formula is C22H21N3O6. The van der Waals surface area contributed by atoms with Gasteiger partial charge in [-0.2, -0.15) is 5.10 Å². The van der Waals surface area contributed by atoms with E-state index in [2.05, 4.69) is 10.4 Å². The van der Waals surface area contributed by atoms with E-state index in [1.165, 1.54) is 4.68 Å². The summed E-state index contributed by atoms with van der Waals surface area (Å²) in [4.78, 5) is 37.3. The summed E-state index contributed by atoms with van der Waals surface area (Å²) in [6, 6.07) is 11.7. The van der Waals surface area contributed by atoms with Gasteiger partial charge in [0, 0.05) is 30.1 Å². The fourth-order valence-corrected chi connectivity index (χ4v) is 3.24. The van der Waals surface area contributed by atoms with Gasteiger partial charge in [0.2, 0.25) is 0 Å². The van der Waals surface area contributed by atoms with Crippen molar-refractivity contribution >= 4 is 28.3 Å². The van der Waals surface area contributed by atoms with Crippen LogP contribution < -0.4 is 20.3 Å². The number of aromatic nitrogens is 2. The number of hydrogen-bond donors (Lipinski definition) is 1. The van der Waals surface area contributed by atoms with Gasteiger partial charge < -0.3 is 19.5 Å². The second kappa shape index (κ2) is 8.86. The molecule has 1 N–H and O–H groups in total. The minimum atomic E-state index is -0.785. The lowest BCUT2D eigenvalue weighted by Crippen LogP contribution is -2.27. The van der Waals surface area contributed by atoms with Crippen molar-refractivity contribution in [3.63, 3.8) is 0 Å². The Morgan fingerprint density at radius 2 is 1.84 bits per heavy atom. The molecule has 0 saturated carbocycles. The molecule has 0 fully saturated rings. The SMILES string of the molecule is CCn1nc(C(=O)OCC(=O)Nc2ccc3c(c2)OCCCO3)c2ccccc2c1=O. The molecule has 160 valence electrons. The molecule has 0 spiro atoms. The highest BCUT2D eigenvalue weighted by molar-refractivity contribution is 6.03. The molecule has 1 aliphatic heterocycles. The molecule has 31 heavy (non-hydrogen) atoms. The molecule has 2 heterocycles. The van der Waals surface area contributed by atoms with Gasteiger partial charge in [-0.3, -0.25) is 9.59 Å². The Hall–Kier alpha value is -3.88. The smallest absolute Gasteiger partial charge is 0.359 e. The van der Waals surface area contributed by atoms with Crippen molar-refractivity contribution in [2.24, 2.45) is 0 Å². The van der Waals surface area contributed by atoms with E-state index in [0.717, 1.165) is 6.42 Å². The van der Waals surface area contributed by atoms with Crippen molar-refractivity contribution in [2.45, 2.75) is 19.9 Å². The van der Waals surface area contributed by atoms with Gasteiger partial charge >= 0.3 is 5.97 Å². The predicted octanol–water partition coefficient (Wildman–Crippen LogP) is 2.37. The van der Waals surface area contributed by atoms with Crippen LogP contribution in [0.25, 0.3) is 10.8 Å². The van der Waals surface area contributed by atoms with Crippen molar-refractivity contribution in [2.75, 3.05) is 25.1 Å². The van der Waals surface area contributed by atoms with Crippen LogP contribution in [-0.2, 0) is 16.1 Å². The number of anilines is 1. The van der Waals surface area contributed by atoms with Gasteiger partial charge in [0.15, 0.2) is 23.8 Å². The largest absolute Gasteiger partial charge is 0.490 e. The van der Waals surface area contributed by atoms with Crippen LogP contribution in [0.15, 0.2) is 47.3 Å². The lowest BCUT2D eigenvalue weighted by atomic mass is 10.1. The summed E-state index contributed by atoms with van der Waals surface area (Å²) >= 11 is 0. The molecule has 0 unspecified atom stereocenters. The van der Waals surface area contributed by atoms with Crippen LogP contribution in [-0.4, -0.2) is 41.5 Å². The van der Waals surface area contributed by atoms with Gasteiger partial charge in [-0.1, -0.05) is 18.2 Å². The molecule has 9 heteroatoms. The van der Waals surface area contributed by atoms with Crippen LogP contribution in [0, 0.1) is 0 Å². The lowest BCUT2D eigenvalue weighted by molar-refractivity contribution is -0.119. The molecular weight excluding hydrogens is 402 g/mol.